The van der Waals surface area contributed by atoms with Crippen LogP contribution in [0.5, 0.6) is 0 Å². The average molecular weight is 297 g/mol. The maximum absolute atomic E-state index is 11.9. The van der Waals surface area contributed by atoms with E-state index in [1.807, 2.05) is 0 Å². The van der Waals surface area contributed by atoms with Crippen LogP contribution in [0.3, 0.4) is 0 Å². The molecule has 0 saturated heterocycles. The summed E-state index contributed by atoms with van der Waals surface area (Å²) in [6.45, 7) is 0. The van der Waals surface area contributed by atoms with Crippen molar-refractivity contribution in [1.29, 1.82) is 0 Å². The lowest BCUT2D eigenvalue weighted by Gasteiger charge is -2.37. The first-order chi connectivity index (χ1) is 9.43. The Balaban J connectivity index is 2.05. The first-order valence-electron chi connectivity index (χ1n) is 6.40. The van der Waals surface area contributed by atoms with Crippen LogP contribution in [-0.4, -0.2) is 24.5 Å². The second-order valence-corrected chi connectivity index (χ2v) is 5.53. The van der Waals surface area contributed by atoms with Crippen LogP contribution in [0, 0.1) is 0 Å². The monoisotopic (exact) mass is 296 g/mol. The number of amides is 1. The zero-order valence-corrected chi connectivity index (χ0v) is 12.0. The SMILES string of the molecule is COC(=O)c1cc(NC(=O)CC2(N)CCC2)ccc1Cl. The number of carbonyl (C=O) groups is 2. The molecule has 108 valence electrons. The molecule has 0 unspecified atom stereocenters. The molecule has 0 atom stereocenters. The number of anilines is 1. The normalized spacial score (nSPS) is 16.1. The number of nitrogens with two attached hydrogens (primary N) is 1. The van der Waals surface area contributed by atoms with Gasteiger partial charge >= 0.3 is 5.97 Å². The van der Waals surface area contributed by atoms with Gasteiger partial charge in [-0.1, -0.05) is 11.6 Å². The minimum atomic E-state index is -0.541. The van der Waals surface area contributed by atoms with Crippen molar-refractivity contribution in [1.82, 2.24) is 0 Å². The molecule has 20 heavy (non-hydrogen) atoms. The van der Waals surface area contributed by atoms with Crippen molar-refractivity contribution in [3.8, 4) is 0 Å². The van der Waals surface area contributed by atoms with E-state index in [9.17, 15) is 9.59 Å². The second-order valence-electron chi connectivity index (χ2n) is 5.13. The maximum Gasteiger partial charge on any atom is 0.339 e. The Morgan fingerprint density at radius 3 is 2.70 bits per heavy atom. The van der Waals surface area contributed by atoms with Crippen LogP contribution in [0.2, 0.25) is 5.02 Å². The molecule has 2 rings (SSSR count). The van der Waals surface area contributed by atoms with E-state index in [-0.39, 0.29) is 28.5 Å². The van der Waals surface area contributed by atoms with Gasteiger partial charge in [-0.05, 0) is 37.5 Å². The smallest absolute Gasteiger partial charge is 0.339 e. The molecule has 1 aromatic carbocycles. The predicted molar refractivity (Wildman–Crippen MR) is 76.8 cm³/mol. The number of hydrogen-bond acceptors (Lipinski definition) is 4. The Labute approximate surface area is 122 Å². The predicted octanol–water partition coefficient (Wildman–Crippen LogP) is 2.34. The molecule has 1 fully saturated rings. The zero-order chi connectivity index (χ0) is 14.8. The number of ether oxygens (including phenoxy) is 1. The van der Waals surface area contributed by atoms with Gasteiger partial charge in [0, 0.05) is 17.6 Å². The Morgan fingerprint density at radius 1 is 1.45 bits per heavy atom. The van der Waals surface area contributed by atoms with E-state index in [4.69, 9.17) is 17.3 Å². The highest BCUT2D eigenvalue weighted by molar-refractivity contribution is 6.33. The highest BCUT2D eigenvalue weighted by Gasteiger charge is 2.34. The van der Waals surface area contributed by atoms with Crippen LogP contribution >= 0.6 is 11.6 Å². The van der Waals surface area contributed by atoms with Crippen LogP contribution in [0.25, 0.3) is 0 Å². The summed E-state index contributed by atoms with van der Waals surface area (Å²) in [5.41, 5.74) is 6.37. The van der Waals surface area contributed by atoms with Gasteiger partial charge in [-0.2, -0.15) is 0 Å². The van der Waals surface area contributed by atoms with Crippen molar-refractivity contribution in [2.24, 2.45) is 5.73 Å². The molecule has 1 saturated carbocycles. The average Bonchev–Trinajstić information content (AvgIpc) is 2.38. The van der Waals surface area contributed by atoms with E-state index < -0.39 is 5.97 Å². The molecule has 1 amide bonds. The minimum absolute atomic E-state index is 0.162. The van der Waals surface area contributed by atoms with E-state index >= 15 is 0 Å². The zero-order valence-electron chi connectivity index (χ0n) is 11.2. The van der Waals surface area contributed by atoms with Crippen LogP contribution < -0.4 is 11.1 Å². The van der Waals surface area contributed by atoms with Crippen LogP contribution in [0.4, 0.5) is 5.69 Å². The largest absolute Gasteiger partial charge is 0.465 e. The molecule has 5 nitrogen and oxygen atoms in total. The van der Waals surface area contributed by atoms with Gasteiger partial charge in [-0.25, -0.2) is 4.79 Å². The summed E-state index contributed by atoms with van der Waals surface area (Å²) in [4.78, 5) is 23.4. The molecule has 0 spiro atoms. The summed E-state index contributed by atoms with van der Waals surface area (Å²) in [6, 6.07) is 4.68. The van der Waals surface area contributed by atoms with Gasteiger partial charge in [0.2, 0.25) is 5.91 Å². The van der Waals surface area contributed by atoms with Crippen molar-refractivity contribution in [2.45, 2.75) is 31.2 Å². The number of carbonyl (C=O) groups excluding carboxylic acids is 2. The van der Waals surface area contributed by atoms with Crippen LogP contribution in [-0.2, 0) is 9.53 Å². The molecule has 6 heteroatoms. The summed E-state index contributed by atoms with van der Waals surface area (Å²) in [5, 5.41) is 3.01. The first kappa shape index (κ1) is 14.8. The summed E-state index contributed by atoms with van der Waals surface area (Å²) in [7, 11) is 1.28. The minimum Gasteiger partial charge on any atom is -0.465 e. The number of rotatable bonds is 4. The highest BCUT2D eigenvalue weighted by Crippen LogP contribution is 2.32. The third kappa shape index (κ3) is 3.29. The van der Waals surface area contributed by atoms with E-state index in [0.717, 1.165) is 19.3 Å². The van der Waals surface area contributed by atoms with Gasteiger partial charge in [0.05, 0.1) is 17.7 Å². The number of esters is 1. The van der Waals surface area contributed by atoms with E-state index in [1.165, 1.54) is 13.2 Å². The Morgan fingerprint density at radius 2 is 2.15 bits per heavy atom. The van der Waals surface area contributed by atoms with E-state index in [1.54, 1.807) is 12.1 Å². The Hall–Kier alpha value is -1.59. The number of hydrogen-bond donors (Lipinski definition) is 2. The fourth-order valence-electron chi connectivity index (χ4n) is 2.20. The highest BCUT2D eigenvalue weighted by atomic mass is 35.5. The van der Waals surface area contributed by atoms with Gasteiger partial charge in [-0.15, -0.1) is 0 Å². The van der Waals surface area contributed by atoms with Crippen molar-refractivity contribution in [3.63, 3.8) is 0 Å². The standard InChI is InChI=1S/C14H17ClN2O3/c1-20-13(19)10-7-9(3-4-11(10)15)17-12(18)8-14(16)5-2-6-14/h3-4,7H,2,5-6,8,16H2,1H3,(H,17,18). The number of nitrogens with one attached hydrogen (secondary N) is 1. The Bertz CT molecular complexity index is 541. The molecule has 0 aromatic heterocycles. The fraction of sp³-hybridized carbons (Fsp3) is 0.429. The van der Waals surface area contributed by atoms with E-state index in [2.05, 4.69) is 10.1 Å². The summed E-state index contributed by atoms with van der Waals surface area (Å²) < 4.78 is 4.63. The number of methoxy groups -OCH3 is 1. The quantitative estimate of drug-likeness (QED) is 0.836. The molecule has 0 radical (unpaired) electrons. The molecular weight excluding hydrogens is 280 g/mol. The summed E-state index contributed by atoms with van der Waals surface area (Å²) >= 11 is 5.91. The molecule has 1 aromatic rings. The van der Waals surface area contributed by atoms with Crippen molar-refractivity contribution >= 4 is 29.2 Å². The van der Waals surface area contributed by atoms with Crippen molar-refractivity contribution in [3.05, 3.63) is 28.8 Å². The van der Waals surface area contributed by atoms with Gasteiger partial charge in [0.15, 0.2) is 0 Å². The van der Waals surface area contributed by atoms with Crippen LogP contribution in [0.15, 0.2) is 18.2 Å². The third-order valence-electron chi connectivity index (χ3n) is 3.52. The number of benzene rings is 1. The van der Waals surface area contributed by atoms with Gasteiger partial charge in [-0.3, -0.25) is 4.79 Å². The van der Waals surface area contributed by atoms with Crippen LogP contribution in [0.1, 0.15) is 36.0 Å². The van der Waals surface area contributed by atoms with Crippen molar-refractivity contribution in [2.75, 3.05) is 12.4 Å². The maximum atomic E-state index is 11.9. The lowest BCUT2D eigenvalue weighted by atomic mass is 9.75. The van der Waals surface area contributed by atoms with Gasteiger partial charge in [0.1, 0.15) is 0 Å². The fourth-order valence-corrected chi connectivity index (χ4v) is 2.40. The molecule has 1 aliphatic carbocycles. The molecule has 3 N–H and O–H groups in total. The summed E-state index contributed by atoms with van der Waals surface area (Å²) in [6.07, 6.45) is 3.09. The molecule has 0 aliphatic heterocycles. The Kier molecular flexibility index (Phi) is 4.30. The van der Waals surface area contributed by atoms with Crippen molar-refractivity contribution < 1.29 is 14.3 Å². The lowest BCUT2D eigenvalue weighted by Crippen LogP contribution is -2.48. The molecule has 1 aliphatic rings. The van der Waals surface area contributed by atoms with Gasteiger partial charge in [0.25, 0.3) is 0 Å². The lowest BCUT2D eigenvalue weighted by molar-refractivity contribution is -0.118. The van der Waals surface area contributed by atoms with E-state index in [0.29, 0.717) is 5.69 Å². The summed E-state index contributed by atoms with van der Waals surface area (Å²) in [5.74, 6) is -0.703. The first-order valence-corrected chi connectivity index (χ1v) is 6.78. The molecule has 0 bridgehead atoms. The third-order valence-corrected chi connectivity index (χ3v) is 3.85. The second kappa shape index (κ2) is 5.81. The number of halogens is 1. The molecule has 0 heterocycles. The topological polar surface area (TPSA) is 81.4 Å². The van der Waals surface area contributed by atoms with Gasteiger partial charge < -0.3 is 15.8 Å². The molecular formula is C14H17ClN2O3.